The number of carbonyl (C=O) groups is 1. The molecule has 0 radical (unpaired) electrons. The number of nitrogens with one attached hydrogen (secondary N) is 1. The number of benzene rings is 1. The SMILES string of the molecule is Cc1cc2c(c(=O)[nH]1)C(c1cc3ccccc3n(CC(C)C)c1=O)CC(=O)O2. The Morgan fingerprint density at radius 2 is 1.93 bits per heavy atom. The summed E-state index contributed by atoms with van der Waals surface area (Å²) in [6.45, 7) is 6.38. The van der Waals surface area contributed by atoms with Gasteiger partial charge in [0.15, 0.2) is 0 Å². The average molecular weight is 378 g/mol. The molecular weight excluding hydrogens is 356 g/mol. The lowest BCUT2D eigenvalue weighted by Crippen LogP contribution is -2.34. The van der Waals surface area contributed by atoms with Crippen LogP contribution in [0.3, 0.4) is 0 Å². The normalized spacial score (nSPS) is 16.3. The quantitative estimate of drug-likeness (QED) is 0.710. The van der Waals surface area contributed by atoms with E-state index in [-0.39, 0.29) is 29.2 Å². The minimum absolute atomic E-state index is 0.0333. The highest BCUT2D eigenvalue weighted by Crippen LogP contribution is 2.36. The van der Waals surface area contributed by atoms with Gasteiger partial charge >= 0.3 is 5.97 Å². The third-order valence-electron chi connectivity index (χ3n) is 5.07. The van der Waals surface area contributed by atoms with E-state index >= 15 is 0 Å². The molecule has 0 saturated carbocycles. The molecule has 0 fully saturated rings. The standard InChI is InChI=1S/C22H22N2O4/c1-12(2)11-24-17-7-5-4-6-14(17)9-16(22(24)27)15-10-19(25)28-18-8-13(3)23-21(26)20(15)18/h4-9,12,15H,10-11H2,1-3H3,(H,23,26). The molecule has 3 aromatic rings. The fourth-order valence-corrected chi connectivity index (χ4v) is 3.93. The molecule has 1 aliphatic rings. The first-order valence-corrected chi connectivity index (χ1v) is 9.42. The summed E-state index contributed by atoms with van der Waals surface area (Å²) in [7, 11) is 0. The summed E-state index contributed by atoms with van der Waals surface area (Å²) in [5, 5.41) is 0.904. The molecule has 6 nitrogen and oxygen atoms in total. The third kappa shape index (κ3) is 3.05. The molecule has 1 N–H and O–H groups in total. The largest absolute Gasteiger partial charge is 0.426 e. The lowest BCUT2D eigenvalue weighted by Gasteiger charge is -2.25. The van der Waals surface area contributed by atoms with Gasteiger partial charge in [-0.2, -0.15) is 0 Å². The molecule has 0 amide bonds. The van der Waals surface area contributed by atoms with E-state index in [0.717, 1.165) is 10.9 Å². The van der Waals surface area contributed by atoms with Gasteiger partial charge in [0.25, 0.3) is 11.1 Å². The van der Waals surface area contributed by atoms with E-state index in [0.29, 0.717) is 23.4 Å². The number of fused-ring (bicyclic) bond motifs is 2. The Balaban J connectivity index is 2.01. The summed E-state index contributed by atoms with van der Waals surface area (Å²) >= 11 is 0. The van der Waals surface area contributed by atoms with E-state index < -0.39 is 11.9 Å². The highest BCUT2D eigenvalue weighted by atomic mass is 16.5. The Hall–Kier alpha value is -3.15. The molecule has 0 aliphatic carbocycles. The molecule has 6 heteroatoms. The van der Waals surface area contributed by atoms with Crippen molar-refractivity contribution in [3.63, 3.8) is 0 Å². The molecule has 1 aliphatic heterocycles. The second-order valence-corrected chi connectivity index (χ2v) is 7.76. The summed E-state index contributed by atoms with van der Waals surface area (Å²) < 4.78 is 7.05. The van der Waals surface area contributed by atoms with Gasteiger partial charge < -0.3 is 14.3 Å². The number of pyridine rings is 2. The molecule has 2 aromatic heterocycles. The van der Waals surface area contributed by atoms with Gasteiger partial charge in [-0.3, -0.25) is 14.4 Å². The van der Waals surface area contributed by atoms with Crippen molar-refractivity contribution >= 4 is 16.9 Å². The predicted octanol–water partition coefficient (Wildman–Crippen LogP) is 3.10. The fourth-order valence-electron chi connectivity index (χ4n) is 3.93. The van der Waals surface area contributed by atoms with Gasteiger partial charge in [0.2, 0.25) is 0 Å². The zero-order chi connectivity index (χ0) is 20.0. The number of aromatic nitrogens is 2. The number of rotatable bonds is 3. The van der Waals surface area contributed by atoms with Crippen molar-refractivity contribution < 1.29 is 9.53 Å². The zero-order valence-corrected chi connectivity index (χ0v) is 16.1. The summed E-state index contributed by atoms with van der Waals surface area (Å²) in [5.41, 5.74) is 1.75. The van der Waals surface area contributed by atoms with Gasteiger partial charge in [-0.05, 0) is 30.4 Å². The Kier molecular flexibility index (Phi) is 4.41. The smallest absolute Gasteiger partial charge is 0.312 e. The molecule has 1 aromatic carbocycles. The summed E-state index contributed by atoms with van der Waals surface area (Å²) in [6, 6.07) is 11.1. The topological polar surface area (TPSA) is 81.2 Å². The molecule has 0 spiro atoms. The van der Waals surface area contributed by atoms with Crippen molar-refractivity contribution in [3.05, 3.63) is 73.9 Å². The van der Waals surface area contributed by atoms with Crippen molar-refractivity contribution in [2.24, 2.45) is 5.92 Å². The van der Waals surface area contributed by atoms with E-state index in [4.69, 9.17) is 4.74 Å². The monoisotopic (exact) mass is 378 g/mol. The molecule has 3 heterocycles. The number of aryl methyl sites for hydroxylation is 1. The Morgan fingerprint density at radius 3 is 2.68 bits per heavy atom. The highest BCUT2D eigenvalue weighted by molar-refractivity contribution is 5.81. The van der Waals surface area contributed by atoms with Crippen molar-refractivity contribution in [2.75, 3.05) is 0 Å². The van der Waals surface area contributed by atoms with Crippen molar-refractivity contribution in [1.29, 1.82) is 0 Å². The van der Waals surface area contributed by atoms with E-state index in [2.05, 4.69) is 18.8 Å². The van der Waals surface area contributed by atoms with Gasteiger partial charge in [0.05, 0.1) is 17.5 Å². The van der Waals surface area contributed by atoms with Gasteiger partial charge in [-0.1, -0.05) is 32.0 Å². The average Bonchev–Trinajstić information content (AvgIpc) is 2.62. The molecular formula is C22H22N2O4. The van der Waals surface area contributed by atoms with Crippen LogP contribution in [0.2, 0.25) is 0 Å². The lowest BCUT2D eigenvalue weighted by molar-refractivity contribution is -0.135. The van der Waals surface area contributed by atoms with Gasteiger partial charge in [-0.25, -0.2) is 0 Å². The first-order valence-electron chi connectivity index (χ1n) is 9.42. The first kappa shape index (κ1) is 18.2. The molecule has 28 heavy (non-hydrogen) atoms. The summed E-state index contributed by atoms with van der Waals surface area (Å²) in [4.78, 5) is 41.1. The zero-order valence-electron chi connectivity index (χ0n) is 16.1. The Bertz CT molecular complexity index is 1200. The van der Waals surface area contributed by atoms with Crippen LogP contribution in [0.25, 0.3) is 10.9 Å². The van der Waals surface area contributed by atoms with Crippen LogP contribution in [0.1, 0.15) is 43.0 Å². The number of hydrogen-bond donors (Lipinski definition) is 1. The third-order valence-corrected chi connectivity index (χ3v) is 5.07. The van der Waals surface area contributed by atoms with Crippen molar-refractivity contribution in [2.45, 2.75) is 39.7 Å². The van der Waals surface area contributed by atoms with E-state index in [9.17, 15) is 14.4 Å². The first-order chi connectivity index (χ1) is 13.3. The minimum Gasteiger partial charge on any atom is -0.426 e. The predicted molar refractivity (Wildman–Crippen MR) is 107 cm³/mol. The number of nitrogens with zero attached hydrogens (tertiary/aromatic N) is 1. The molecule has 4 rings (SSSR count). The number of H-pyrrole nitrogens is 1. The van der Waals surface area contributed by atoms with Gasteiger partial charge in [-0.15, -0.1) is 0 Å². The summed E-state index contributed by atoms with van der Waals surface area (Å²) in [6.07, 6.45) is -0.0333. The van der Waals surface area contributed by atoms with Gasteiger partial charge in [0, 0.05) is 29.8 Å². The fraction of sp³-hybridized carbons (Fsp3) is 0.318. The molecule has 1 atom stereocenters. The van der Waals surface area contributed by atoms with Crippen molar-refractivity contribution in [1.82, 2.24) is 9.55 Å². The van der Waals surface area contributed by atoms with Crippen LogP contribution in [0, 0.1) is 12.8 Å². The lowest BCUT2D eigenvalue weighted by atomic mass is 9.87. The Morgan fingerprint density at radius 1 is 1.18 bits per heavy atom. The van der Waals surface area contributed by atoms with Crippen LogP contribution in [0.5, 0.6) is 5.75 Å². The maximum Gasteiger partial charge on any atom is 0.312 e. The molecule has 0 bridgehead atoms. The number of carbonyl (C=O) groups excluding carboxylic acids is 1. The van der Waals surface area contributed by atoms with E-state index in [1.54, 1.807) is 23.6 Å². The van der Waals surface area contributed by atoms with Crippen LogP contribution < -0.4 is 15.9 Å². The maximum absolute atomic E-state index is 13.4. The van der Waals surface area contributed by atoms with Gasteiger partial charge in [0.1, 0.15) is 5.75 Å². The maximum atomic E-state index is 13.4. The van der Waals surface area contributed by atoms with Crippen LogP contribution in [0.4, 0.5) is 0 Å². The van der Waals surface area contributed by atoms with Crippen LogP contribution in [0.15, 0.2) is 46.0 Å². The van der Waals surface area contributed by atoms with E-state index in [1.807, 2.05) is 24.3 Å². The van der Waals surface area contributed by atoms with Crippen LogP contribution in [-0.4, -0.2) is 15.5 Å². The van der Waals surface area contributed by atoms with E-state index in [1.165, 1.54) is 0 Å². The second kappa shape index (κ2) is 6.78. The number of aromatic amines is 1. The number of ether oxygens (including phenoxy) is 1. The van der Waals surface area contributed by atoms with Crippen molar-refractivity contribution in [3.8, 4) is 5.75 Å². The number of esters is 1. The second-order valence-electron chi connectivity index (χ2n) is 7.76. The summed E-state index contributed by atoms with van der Waals surface area (Å²) in [5.74, 6) is -0.557. The van der Waals surface area contributed by atoms with Crippen LogP contribution in [-0.2, 0) is 11.3 Å². The van der Waals surface area contributed by atoms with Crippen LogP contribution >= 0.6 is 0 Å². The Labute approximate surface area is 161 Å². The minimum atomic E-state index is -0.629. The molecule has 1 unspecified atom stereocenters. The highest BCUT2D eigenvalue weighted by Gasteiger charge is 2.33. The number of para-hydroxylation sites is 1. The number of hydrogen-bond acceptors (Lipinski definition) is 4. The molecule has 0 saturated heterocycles. The molecule has 144 valence electrons.